The summed E-state index contributed by atoms with van der Waals surface area (Å²) in [5.74, 6) is 1.35. The maximum atomic E-state index is 12.4. The molecule has 1 fully saturated rings. The molecule has 1 aliphatic heterocycles. The molecule has 0 spiro atoms. The average Bonchev–Trinajstić information content (AvgIpc) is 3.01. The number of amidine groups is 1. The predicted molar refractivity (Wildman–Crippen MR) is 90.7 cm³/mol. The zero-order chi connectivity index (χ0) is 15.7. The van der Waals surface area contributed by atoms with Crippen molar-refractivity contribution in [1.82, 2.24) is 10.3 Å². The number of pyridine rings is 1. The monoisotopic (exact) mass is 317 g/mol. The minimum absolute atomic E-state index is 0.0797. The largest absolute Gasteiger partial charge is 0.361 e. The Kier molecular flexibility index (Phi) is 4.26. The van der Waals surface area contributed by atoms with Gasteiger partial charge in [-0.2, -0.15) is 4.99 Å². The van der Waals surface area contributed by atoms with Gasteiger partial charge < -0.3 is 5.32 Å². The number of hydrogen-bond acceptors (Lipinski definition) is 4. The van der Waals surface area contributed by atoms with Crippen LogP contribution in [0.25, 0.3) is 0 Å². The third-order valence-electron chi connectivity index (χ3n) is 5.01. The standard InChI is InChI=1S/C17H23N3OS/c1-4-12-9-11(2)14(10-12)19-16-20-15(21)17(3,22-16)13-5-7-18-8-6-13/h5-8,11-12,14H,4,9-10H2,1-3H3,(H,19,20,21)/t11-,12+,14-,17?/m0/s1. The average molecular weight is 317 g/mol. The Morgan fingerprint density at radius 3 is 2.73 bits per heavy atom. The van der Waals surface area contributed by atoms with Crippen LogP contribution in [0, 0.1) is 11.8 Å². The molecule has 0 aromatic carbocycles. The molecule has 4 atom stereocenters. The van der Waals surface area contributed by atoms with Crippen LogP contribution in [0.5, 0.6) is 0 Å². The van der Waals surface area contributed by atoms with Crippen molar-refractivity contribution < 1.29 is 4.79 Å². The fraction of sp³-hybridized carbons (Fsp3) is 0.588. The Morgan fingerprint density at radius 2 is 2.09 bits per heavy atom. The normalized spacial score (nSPS) is 34.8. The van der Waals surface area contributed by atoms with Crippen LogP contribution in [0.2, 0.25) is 0 Å². The van der Waals surface area contributed by atoms with Crippen LogP contribution in [-0.4, -0.2) is 22.1 Å². The zero-order valence-electron chi connectivity index (χ0n) is 13.4. The molecule has 1 aromatic heterocycles. The van der Waals surface area contributed by atoms with E-state index in [1.807, 2.05) is 19.1 Å². The second-order valence-corrected chi connectivity index (χ2v) is 7.97. The summed E-state index contributed by atoms with van der Waals surface area (Å²) in [4.78, 5) is 20.7. The predicted octanol–water partition coefficient (Wildman–Crippen LogP) is 3.34. The lowest BCUT2D eigenvalue weighted by Gasteiger charge is -2.22. The first-order chi connectivity index (χ1) is 10.5. The summed E-state index contributed by atoms with van der Waals surface area (Å²) in [6, 6.07) is 4.23. The highest BCUT2D eigenvalue weighted by molar-refractivity contribution is 8.15. The Balaban J connectivity index is 1.71. The number of aromatic nitrogens is 1. The van der Waals surface area contributed by atoms with E-state index in [9.17, 15) is 4.79 Å². The molecule has 2 aliphatic rings. The van der Waals surface area contributed by atoms with Crippen molar-refractivity contribution in [2.24, 2.45) is 16.8 Å². The Bertz CT molecular complexity index is 589. The summed E-state index contributed by atoms with van der Waals surface area (Å²) < 4.78 is -0.628. The Labute approximate surface area is 136 Å². The molecule has 1 saturated carbocycles. The number of aliphatic imine (C=N–C) groups is 1. The first-order valence-corrected chi connectivity index (χ1v) is 8.83. The SMILES string of the molecule is CC[C@H]1C[C@H](NC2=NC(=O)C(C)(c3ccncc3)S2)[C@@H](C)C1. The number of amides is 1. The second-order valence-electron chi connectivity index (χ2n) is 6.57. The highest BCUT2D eigenvalue weighted by atomic mass is 32.2. The van der Waals surface area contributed by atoms with Crippen LogP contribution in [0.15, 0.2) is 29.5 Å². The van der Waals surface area contributed by atoms with Crippen LogP contribution in [0.1, 0.15) is 45.6 Å². The second kappa shape index (κ2) is 6.03. The van der Waals surface area contributed by atoms with Crippen molar-refractivity contribution in [2.45, 2.75) is 50.8 Å². The third-order valence-corrected chi connectivity index (χ3v) is 6.23. The molecular formula is C17H23N3OS. The maximum Gasteiger partial charge on any atom is 0.268 e. The van der Waals surface area contributed by atoms with Crippen molar-refractivity contribution in [3.8, 4) is 0 Å². The summed E-state index contributed by atoms with van der Waals surface area (Å²) in [5, 5.41) is 4.30. The molecule has 22 heavy (non-hydrogen) atoms. The summed E-state index contributed by atoms with van der Waals surface area (Å²) in [6.45, 7) is 6.49. The van der Waals surface area contributed by atoms with Crippen LogP contribution in [0.4, 0.5) is 0 Å². The highest BCUT2D eigenvalue weighted by Gasteiger charge is 2.44. The molecule has 2 heterocycles. The summed E-state index contributed by atoms with van der Waals surface area (Å²) >= 11 is 1.53. The van der Waals surface area contributed by atoms with Crippen LogP contribution in [-0.2, 0) is 9.54 Å². The van der Waals surface area contributed by atoms with Gasteiger partial charge in [-0.15, -0.1) is 0 Å². The molecule has 0 bridgehead atoms. The first-order valence-electron chi connectivity index (χ1n) is 8.02. The number of carbonyl (C=O) groups excluding carboxylic acids is 1. The van der Waals surface area contributed by atoms with Gasteiger partial charge >= 0.3 is 0 Å². The van der Waals surface area contributed by atoms with E-state index in [1.54, 1.807) is 12.4 Å². The van der Waals surface area contributed by atoms with E-state index in [0.717, 1.165) is 16.6 Å². The van der Waals surface area contributed by atoms with E-state index in [2.05, 4.69) is 29.1 Å². The number of nitrogens with one attached hydrogen (secondary N) is 1. The van der Waals surface area contributed by atoms with E-state index in [4.69, 9.17) is 0 Å². The van der Waals surface area contributed by atoms with Crippen molar-refractivity contribution in [2.75, 3.05) is 0 Å². The Hall–Kier alpha value is -1.36. The summed E-state index contributed by atoms with van der Waals surface area (Å²) in [5.41, 5.74) is 0.962. The summed E-state index contributed by atoms with van der Waals surface area (Å²) in [7, 11) is 0. The molecule has 1 N–H and O–H groups in total. The van der Waals surface area contributed by atoms with Crippen LogP contribution >= 0.6 is 11.8 Å². The smallest absolute Gasteiger partial charge is 0.268 e. The molecule has 5 heteroatoms. The number of nitrogens with zero attached hydrogens (tertiary/aromatic N) is 2. The van der Waals surface area contributed by atoms with Crippen LogP contribution in [0.3, 0.4) is 0 Å². The van der Waals surface area contributed by atoms with Gasteiger partial charge in [-0.05, 0) is 49.3 Å². The molecule has 0 radical (unpaired) electrons. The third kappa shape index (κ3) is 2.78. The fourth-order valence-electron chi connectivity index (χ4n) is 3.44. The van der Waals surface area contributed by atoms with Gasteiger partial charge in [0, 0.05) is 18.4 Å². The molecule has 0 saturated heterocycles. The topological polar surface area (TPSA) is 54.4 Å². The van der Waals surface area contributed by atoms with Crippen LogP contribution < -0.4 is 5.32 Å². The quantitative estimate of drug-likeness (QED) is 0.929. The summed E-state index contributed by atoms with van der Waals surface area (Å²) in [6.07, 6.45) is 7.13. The minimum atomic E-state index is -0.628. The van der Waals surface area contributed by atoms with E-state index in [0.29, 0.717) is 12.0 Å². The van der Waals surface area contributed by atoms with Crippen molar-refractivity contribution in [3.63, 3.8) is 0 Å². The van der Waals surface area contributed by atoms with E-state index >= 15 is 0 Å². The molecule has 4 nitrogen and oxygen atoms in total. The molecular weight excluding hydrogens is 294 g/mol. The minimum Gasteiger partial charge on any atom is -0.361 e. The number of rotatable bonds is 3. The van der Waals surface area contributed by atoms with Crippen molar-refractivity contribution >= 4 is 22.8 Å². The van der Waals surface area contributed by atoms with Gasteiger partial charge in [-0.1, -0.05) is 32.0 Å². The van der Waals surface area contributed by atoms with Gasteiger partial charge in [0.05, 0.1) is 0 Å². The Morgan fingerprint density at radius 1 is 1.36 bits per heavy atom. The van der Waals surface area contributed by atoms with Crippen molar-refractivity contribution in [1.29, 1.82) is 0 Å². The maximum absolute atomic E-state index is 12.4. The zero-order valence-corrected chi connectivity index (χ0v) is 14.2. The van der Waals surface area contributed by atoms with Crippen molar-refractivity contribution in [3.05, 3.63) is 30.1 Å². The molecule has 118 valence electrons. The van der Waals surface area contributed by atoms with Gasteiger partial charge in [0.1, 0.15) is 4.75 Å². The van der Waals surface area contributed by atoms with E-state index in [1.165, 1.54) is 31.0 Å². The van der Waals surface area contributed by atoms with Gasteiger partial charge in [-0.3, -0.25) is 9.78 Å². The molecule has 1 aliphatic carbocycles. The fourth-order valence-corrected chi connectivity index (χ4v) is 4.56. The lowest BCUT2D eigenvalue weighted by molar-refractivity contribution is -0.119. The number of thioether (sulfide) groups is 1. The number of hydrogen-bond donors (Lipinski definition) is 1. The van der Waals surface area contributed by atoms with E-state index in [-0.39, 0.29) is 5.91 Å². The highest BCUT2D eigenvalue weighted by Crippen LogP contribution is 2.43. The van der Waals surface area contributed by atoms with Gasteiger partial charge in [0.2, 0.25) is 0 Å². The lowest BCUT2D eigenvalue weighted by Crippen LogP contribution is -2.35. The molecule has 1 unspecified atom stereocenters. The van der Waals surface area contributed by atoms with Gasteiger partial charge in [-0.25, -0.2) is 0 Å². The van der Waals surface area contributed by atoms with Gasteiger partial charge in [0.15, 0.2) is 5.17 Å². The van der Waals surface area contributed by atoms with E-state index < -0.39 is 4.75 Å². The van der Waals surface area contributed by atoms with Gasteiger partial charge in [0.25, 0.3) is 5.91 Å². The number of carbonyl (C=O) groups is 1. The molecule has 1 amide bonds. The lowest BCUT2D eigenvalue weighted by atomic mass is 10.0. The molecule has 3 rings (SSSR count). The first kappa shape index (κ1) is 15.5. The molecule has 1 aromatic rings.